The van der Waals surface area contributed by atoms with E-state index < -0.39 is 35.2 Å². The maximum absolute atomic E-state index is 12.9. The van der Waals surface area contributed by atoms with Gasteiger partial charge in [-0.1, -0.05) is 6.07 Å². The number of benzene rings is 1. The summed E-state index contributed by atoms with van der Waals surface area (Å²) in [7, 11) is 0. The van der Waals surface area contributed by atoms with Crippen molar-refractivity contribution in [1.82, 2.24) is 20.5 Å². The molecule has 14 heteroatoms. The molecule has 0 bridgehead atoms. The molecule has 0 spiro atoms. The molecule has 35 heavy (non-hydrogen) atoms. The smallest absolute Gasteiger partial charge is 0.367 e. The highest BCUT2D eigenvalue weighted by Gasteiger charge is 2.37. The van der Waals surface area contributed by atoms with Gasteiger partial charge in [0.05, 0.1) is 11.1 Å². The van der Waals surface area contributed by atoms with Crippen molar-refractivity contribution < 1.29 is 31.1 Å². The number of nitrogens with one attached hydrogen (secondary N) is 4. The highest BCUT2D eigenvalue weighted by molar-refractivity contribution is 5.89. The number of alkyl halides is 6. The molecule has 1 aromatic carbocycles. The van der Waals surface area contributed by atoms with Crippen LogP contribution in [0.1, 0.15) is 16.7 Å². The maximum Gasteiger partial charge on any atom is 0.416 e. The lowest BCUT2D eigenvalue weighted by molar-refractivity contribution is -0.143. The Morgan fingerprint density at radius 1 is 0.829 bits per heavy atom. The Morgan fingerprint density at radius 2 is 1.43 bits per heavy atom. The summed E-state index contributed by atoms with van der Waals surface area (Å²) in [5.41, 5.74) is -2.70. The number of pyridine rings is 1. The molecule has 0 unspecified atom stereocenters. The van der Waals surface area contributed by atoms with E-state index in [0.29, 0.717) is 29.6 Å². The first kappa shape index (κ1) is 25.5. The van der Waals surface area contributed by atoms with Crippen LogP contribution >= 0.6 is 0 Å². The van der Waals surface area contributed by atoms with E-state index in [9.17, 15) is 31.1 Å². The molecule has 0 aliphatic heterocycles. The minimum Gasteiger partial charge on any atom is -0.367 e. The van der Waals surface area contributed by atoms with E-state index in [1.165, 1.54) is 0 Å². The number of anilines is 4. The SMILES string of the molecule is Cc1ccc(Nc2ccc(NCCNC(=O)Nc3cc(C(F)(F)F)cc(C(F)(F)F)c3)nn2)nc1. The molecule has 8 nitrogen and oxygen atoms in total. The zero-order chi connectivity index (χ0) is 25.6. The Hall–Kier alpha value is -4.10. The van der Waals surface area contributed by atoms with E-state index in [-0.39, 0.29) is 19.2 Å². The molecule has 0 aliphatic carbocycles. The van der Waals surface area contributed by atoms with Gasteiger partial charge in [-0.05, 0) is 48.9 Å². The van der Waals surface area contributed by atoms with Gasteiger partial charge in [0.25, 0.3) is 0 Å². The molecule has 3 rings (SSSR count). The highest BCUT2D eigenvalue weighted by atomic mass is 19.4. The third-order valence-electron chi connectivity index (χ3n) is 4.39. The zero-order valence-corrected chi connectivity index (χ0v) is 18.1. The Bertz CT molecular complexity index is 1120. The van der Waals surface area contributed by atoms with Crippen LogP contribution in [-0.4, -0.2) is 34.3 Å². The van der Waals surface area contributed by atoms with Gasteiger partial charge in [-0.25, -0.2) is 9.78 Å². The fourth-order valence-electron chi connectivity index (χ4n) is 2.74. The molecule has 3 aromatic rings. The summed E-state index contributed by atoms with van der Waals surface area (Å²) in [4.78, 5) is 16.1. The largest absolute Gasteiger partial charge is 0.416 e. The maximum atomic E-state index is 12.9. The van der Waals surface area contributed by atoms with Gasteiger partial charge in [0.15, 0.2) is 5.82 Å². The molecule has 0 atom stereocenters. The number of nitrogens with zero attached hydrogens (tertiary/aromatic N) is 3. The molecule has 0 saturated heterocycles. The first-order valence-corrected chi connectivity index (χ1v) is 10.0. The van der Waals surface area contributed by atoms with Crippen molar-refractivity contribution in [2.24, 2.45) is 0 Å². The van der Waals surface area contributed by atoms with E-state index in [4.69, 9.17) is 0 Å². The van der Waals surface area contributed by atoms with Gasteiger partial charge in [-0.3, -0.25) is 0 Å². The second-order valence-electron chi connectivity index (χ2n) is 7.25. The van der Waals surface area contributed by atoms with Crippen LogP contribution in [0.4, 0.5) is 54.3 Å². The van der Waals surface area contributed by atoms with E-state index in [2.05, 4.69) is 31.1 Å². The molecule has 2 amide bonds. The van der Waals surface area contributed by atoms with Crippen molar-refractivity contribution >= 4 is 29.2 Å². The van der Waals surface area contributed by atoms with Crippen LogP contribution in [0.25, 0.3) is 0 Å². The molecule has 4 N–H and O–H groups in total. The van der Waals surface area contributed by atoms with Crippen LogP contribution in [0.2, 0.25) is 0 Å². The number of halogens is 6. The molecular weight excluding hydrogens is 480 g/mol. The van der Waals surface area contributed by atoms with Crippen LogP contribution in [0.15, 0.2) is 48.7 Å². The predicted molar refractivity (Wildman–Crippen MR) is 116 cm³/mol. The topological polar surface area (TPSA) is 104 Å². The number of urea groups is 1. The predicted octanol–water partition coefficient (Wildman–Crippen LogP) is 5.19. The third kappa shape index (κ3) is 7.72. The fourth-order valence-corrected chi connectivity index (χ4v) is 2.74. The van der Waals surface area contributed by atoms with Gasteiger partial charge < -0.3 is 21.3 Å². The normalized spacial score (nSPS) is 11.6. The first-order valence-electron chi connectivity index (χ1n) is 10.0. The van der Waals surface area contributed by atoms with Crippen molar-refractivity contribution in [3.8, 4) is 0 Å². The van der Waals surface area contributed by atoms with Gasteiger partial charge in [-0.15, -0.1) is 10.2 Å². The zero-order valence-electron chi connectivity index (χ0n) is 18.1. The summed E-state index contributed by atoms with van der Waals surface area (Å²) in [6.45, 7) is 2.06. The van der Waals surface area contributed by atoms with Gasteiger partial charge in [0.2, 0.25) is 0 Å². The van der Waals surface area contributed by atoms with Crippen molar-refractivity contribution in [2.45, 2.75) is 19.3 Å². The Kier molecular flexibility index (Phi) is 7.62. The van der Waals surface area contributed by atoms with Crippen LogP contribution in [0.3, 0.4) is 0 Å². The Labute approximate surface area is 195 Å². The minimum atomic E-state index is -5.01. The number of rotatable bonds is 7. The third-order valence-corrected chi connectivity index (χ3v) is 4.39. The van der Waals surface area contributed by atoms with Crippen LogP contribution < -0.4 is 21.3 Å². The second-order valence-corrected chi connectivity index (χ2v) is 7.25. The first-order chi connectivity index (χ1) is 16.4. The lowest BCUT2D eigenvalue weighted by atomic mass is 10.1. The lowest BCUT2D eigenvalue weighted by Crippen LogP contribution is -2.33. The van der Waals surface area contributed by atoms with Crippen molar-refractivity contribution in [2.75, 3.05) is 29.0 Å². The highest BCUT2D eigenvalue weighted by Crippen LogP contribution is 2.37. The fraction of sp³-hybridized carbons (Fsp3) is 0.238. The summed E-state index contributed by atoms with van der Waals surface area (Å²) in [6.07, 6.45) is -8.33. The lowest BCUT2D eigenvalue weighted by Gasteiger charge is -2.15. The Balaban J connectivity index is 1.49. The molecule has 186 valence electrons. The molecule has 0 aliphatic rings. The van der Waals surface area contributed by atoms with Gasteiger partial charge in [0.1, 0.15) is 11.6 Å². The van der Waals surface area contributed by atoms with E-state index in [0.717, 1.165) is 5.56 Å². The van der Waals surface area contributed by atoms with E-state index >= 15 is 0 Å². The number of aromatic nitrogens is 3. The summed E-state index contributed by atoms with van der Waals surface area (Å²) < 4.78 is 77.5. The van der Waals surface area contributed by atoms with Gasteiger partial charge in [-0.2, -0.15) is 26.3 Å². The average Bonchev–Trinajstić information content (AvgIpc) is 2.78. The summed E-state index contributed by atoms with van der Waals surface area (Å²) >= 11 is 0. The minimum absolute atomic E-state index is 0.00804. The van der Waals surface area contributed by atoms with Crippen molar-refractivity contribution in [1.29, 1.82) is 0 Å². The number of hydrogen-bond acceptors (Lipinski definition) is 6. The molecule has 2 heterocycles. The van der Waals surface area contributed by atoms with Crippen LogP contribution in [0.5, 0.6) is 0 Å². The second kappa shape index (κ2) is 10.4. The van der Waals surface area contributed by atoms with Crippen LogP contribution in [-0.2, 0) is 12.4 Å². The van der Waals surface area contributed by atoms with Crippen molar-refractivity contribution in [3.05, 3.63) is 65.4 Å². The van der Waals surface area contributed by atoms with E-state index in [1.807, 2.05) is 18.3 Å². The average molecular weight is 499 g/mol. The van der Waals surface area contributed by atoms with Crippen LogP contribution in [0, 0.1) is 6.92 Å². The number of amides is 2. The summed E-state index contributed by atoms with van der Waals surface area (Å²) in [5, 5.41) is 18.1. The Morgan fingerprint density at radius 3 is 1.97 bits per heavy atom. The summed E-state index contributed by atoms with van der Waals surface area (Å²) in [6, 6.07) is 6.76. The monoisotopic (exact) mass is 499 g/mol. The van der Waals surface area contributed by atoms with E-state index in [1.54, 1.807) is 24.4 Å². The molecule has 0 saturated carbocycles. The van der Waals surface area contributed by atoms with Gasteiger partial charge >= 0.3 is 18.4 Å². The number of carbonyl (C=O) groups excluding carboxylic acids is 1. The molecular formula is C21H19F6N7O. The number of aryl methyl sites for hydroxylation is 1. The molecule has 2 aromatic heterocycles. The molecule has 0 fully saturated rings. The van der Waals surface area contributed by atoms with Crippen molar-refractivity contribution in [3.63, 3.8) is 0 Å². The summed E-state index contributed by atoms with van der Waals surface area (Å²) in [5.74, 6) is 1.41. The number of hydrogen-bond donors (Lipinski definition) is 4. The quantitative estimate of drug-likeness (QED) is 0.263. The number of carbonyl (C=O) groups is 1. The van der Waals surface area contributed by atoms with Gasteiger partial charge in [0, 0.05) is 25.0 Å². The standard InChI is InChI=1S/C21H19F6N7O/c1-12-2-3-16(30-11-12)32-18-5-4-17(33-34-18)28-6-7-29-19(35)31-15-9-13(20(22,23)24)8-14(10-15)21(25,26)27/h2-5,8-11H,6-7H2,1H3,(H,28,33)(H2,29,31,35)(H,30,32,34). The molecule has 0 radical (unpaired) electrons.